The van der Waals surface area contributed by atoms with Crippen LogP contribution >= 0.6 is 23.2 Å². The van der Waals surface area contributed by atoms with Gasteiger partial charge in [0.2, 0.25) is 0 Å². The van der Waals surface area contributed by atoms with Crippen LogP contribution in [0.5, 0.6) is 5.75 Å². The van der Waals surface area contributed by atoms with E-state index in [2.05, 4.69) is 15.0 Å². The Labute approximate surface area is 235 Å². The molecule has 0 unspecified atom stereocenters. The number of aromatic nitrogens is 2. The smallest absolute Gasteiger partial charge is 0.545 e. The largest absolute Gasteiger partial charge is 1.00 e. The van der Waals surface area contributed by atoms with Crippen LogP contribution < -0.4 is 38.7 Å². The molecule has 2 aromatic carbocycles. The van der Waals surface area contributed by atoms with Gasteiger partial charge in [0, 0.05) is 30.4 Å². The molecule has 15 heteroatoms. The summed E-state index contributed by atoms with van der Waals surface area (Å²) in [6.07, 6.45) is 2.76. The summed E-state index contributed by atoms with van der Waals surface area (Å²) in [4.78, 5) is 27.9. The standard InChI is InChI=1S/C22H22Cl2N4O7S.Li/c1-28-12-20(25-13-28)36(32,33)26-6-7-34-8-9-35-15-3-5-19(17(11-15)22(30)31)27-21(29)16-4-2-14(23)10-18(16)24;/h2-5,10-13,26H,6-9H2,1H3,(H,27,29)(H,30,31);/q;+1/p-1. The molecule has 3 rings (SSSR count). The molecule has 192 valence electrons. The summed E-state index contributed by atoms with van der Waals surface area (Å²) in [5, 5.41) is 14.4. The van der Waals surface area contributed by atoms with Crippen molar-refractivity contribution in [3.63, 3.8) is 0 Å². The van der Waals surface area contributed by atoms with Crippen LogP contribution in [0.1, 0.15) is 20.7 Å². The number of hydrogen-bond acceptors (Lipinski definition) is 8. The first-order valence-electron chi connectivity index (χ1n) is 10.4. The molecule has 0 aliphatic carbocycles. The van der Waals surface area contributed by atoms with Gasteiger partial charge in [-0.1, -0.05) is 23.2 Å². The normalized spacial score (nSPS) is 11.0. The van der Waals surface area contributed by atoms with Crippen molar-refractivity contribution < 1.29 is 51.4 Å². The second kappa shape index (κ2) is 13.8. The zero-order valence-electron chi connectivity index (χ0n) is 19.9. The minimum atomic E-state index is -3.72. The number of carbonyl (C=O) groups excluding carboxylic acids is 2. The summed E-state index contributed by atoms with van der Waals surface area (Å²) < 4.78 is 38.8. The van der Waals surface area contributed by atoms with Crippen molar-refractivity contribution in [1.29, 1.82) is 0 Å². The molecule has 11 nitrogen and oxygen atoms in total. The molecule has 3 aromatic rings. The summed E-state index contributed by atoms with van der Waals surface area (Å²) in [5.74, 6) is -1.94. The maximum absolute atomic E-state index is 12.5. The van der Waals surface area contributed by atoms with Gasteiger partial charge < -0.3 is 29.3 Å². The van der Waals surface area contributed by atoms with Gasteiger partial charge in [0.1, 0.15) is 12.4 Å². The molecule has 0 atom stereocenters. The van der Waals surface area contributed by atoms with Gasteiger partial charge in [-0.3, -0.25) is 4.79 Å². The van der Waals surface area contributed by atoms with E-state index < -0.39 is 21.9 Å². The number of ether oxygens (including phenoxy) is 2. The maximum Gasteiger partial charge on any atom is 1.00 e. The van der Waals surface area contributed by atoms with E-state index in [1.165, 1.54) is 53.5 Å². The van der Waals surface area contributed by atoms with E-state index in [-0.39, 0.29) is 77.8 Å². The summed E-state index contributed by atoms with van der Waals surface area (Å²) in [6.45, 7) is 0.281. The molecule has 37 heavy (non-hydrogen) atoms. The summed E-state index contributed by atoms with van der Waals surface area (Å²) >= 11 is 11.9. The van der Waals surface area contributed by atoms with Crippen LogP contribution in [0.25, 0.3) is 0 Å². The Hall–Kier alpha value is -2.56. The predicted octanol–water partition coefficient (Wildman–Crippen LogP) is -1.28. The van der Waals surface area contributed by atoms with Crippen molar-refractivity contribution in [3.8, 4) is 5.75 Å². The topological polar surface area (TPSA) is 152 Å². The van der Waals surface area contributed by atoms with E-state index in [0.29, 0.717) is 5.02 Å². The van der Waals surface area contributed by atoms with Gasteiger partial charge in [-0.2, -0.15) is 0 Å². The van der Waals surface area contributed by atoms with E-state index in [4.69, 9.17) is 32.7 Å². The fourth-order valence-electron chi connectivity index (χ4n) is 2.92. The molecule has 0 aliphatic heterocycles. The minimum absolute atomic E-state index is 0. The van der Waals surface area contributed by atoms with Crippen molar-refractivity contribution in [1.82, 2.24) is 14.3 Å². The molecule has 1 heterocycles. The average Bonchev–Trinajstić information content (AvgIpc) is 3.26. The monoisotopic (exact) mass is 562 g/mol. The Morgan fingerprint density at radius 2 is 1.84 bits per heavy atom. The SMILES string of the molecule is Cn1cnc(S(=O)(=O)NCCOCCOc2ccc(NC(=O)c3ccc(Cl)cc3Cl)c(C(=O)[O-])c2)c1.[Li+]. The zero-order valence-corrected chi connectivity index (χ0v) is 22.2. The molecule has 0 spiro atoms. The van der Waals surface area contributed by atoms with Crippen LogP contribution in [0.2, 0.25) is 10.0 Å². The Kier molecular flexibility index (Phi) is 11.5. The van der Waals surface area contributed by atoms with Crippen molar-refractivity contribution >= 4 is 50.8 Å². The predicted molar refractivity (Wildman–Crippen MR) is 130 cm³/mol. The van der Waals surface area contributed by atoms with Gasteiger partial charge >= 0.3 is 18.9 Å². The molecule has 0 fully saturated rings. The number of sulfonamides is 1. The number of anilines is 1. The number of rotatable bonds is 12. The maximum atomic E-state index is 12.5. The third-order valence-corrected chi connectivity index (χ3v) is 6.52. The van der Waals surface area contributed by atoms with Crippen LogP contribution in [0.4, 0.5) is 5.69 Å². The number of nitrogens with zero attached hydrogens (tertiary/aromatic N) is 2. The number of aryl methyl sites for hydroxylation is 1. The van der Waals surface area contributed by atoms with Crippen LogP contribution in [0.3, 0.4) is 0 Å². The first-order chi connectivity index (χ1) is 17.1. The van der Waals surface area contributed by atoms with Crippen LogP contribution in [-0.2, 0) is 21.8 Å². The molecule has 0 saturated heterocycles. The Morgan fingerprint density at radius 3 is 2.49 bits per heavy atom. The molecule has 0 bridgehead atoms. The van der Waals surface area contributed by atoms with Gasteiger partial charge in [0.05, 0.1) is 41.8 Å². The average molecular weight is 563 g/mol. The third kappa shape index (κ3) is 8.76. The number of carbonyl (C=O) groups is 2. The van der Waals surface area contributed by atoms with Crippen molar-refractivity contribution in [2.75, 3.05) is 31.7 Å². The van der Waals surface area contributed by atoms with Crippen molar-refractivity contribution in [2.24, 2.45) is 7.05 Å². The van der Waals surface area contributed by atoms with E-state index in [1.54, 1.807) is 7.05 Å². The molecule has 2 N–H and O–H groups in total. The Bertz CT molecular complexity index is 1370. The second-order valence-corrected chi connectivity index (χ2v) is 9.87. The van der Waals surface area contributed by atoms with E-state index in [0.717, 1.165) is 0 Å². The van der Waals surface area contributed by atoms with Crippen molar-refractivity contribution in [2.45, 2.75) is 5.03 Å². The third-order valence-electron chi connectivity index (χ3n) is 4.63. The number of aromatic carboxylic acids is 1. The molecular formula is C22H21Cl2LiN4O7S. The first kappa shape index (κ1) is 30.7. The van der Waals surface area contributed by atoms with Gasteiger partial charge in [-0.25, -0.2) is 18.1 Å². The fraction of sp³-hybridized carbons (Fsp3) is 0.227. The van der Waals surface area contributed by atoms with Gasteiger partial charge in [-0.05, 0) is 36.4 Å². The van der Waals surface area contributed by atoms with E-state index in [1.807, 2.05) is 0 Å². The number of halogens is 2. The number of carboxylic acid groups (broad SMARTS) is 1. The quantitative estimate of drug-likeness (QED) is 0.204. The second-order valence-electron chi connectivity index (χ2n) is 7.31. The Morgan fingerprint density at radius 1 is 1.08 bits per heavy atom. The number of benzene rings is 2. The molecule has 0 saturated carbocycles. The molecule has 0 aliphatic rings. The van der Waals surface area contributed by atoms with Crippen LogP contribution in [0, 0.1) is 0 Å². The van der Waals surface area contributed by atoms with Gasteiger partial charge in [0.15, 0.2) is 5.03 Å². The molecule has 1 amide bonds. The minimum Gasteiger partial charge on any atom is -0.545 e. The van der Waals surface area contributed by atoms with E-state index in [9.17, 15) is 23.1 Å². The van der Waals surface area contributed by atoms with Crippen molar-refractivity contribution in [3.05, 3.63) is 70.1 Å². The van der Waals surface area contributed by atoms with Gasteiger partial charge in [0.25, 0.3) is 15.9 Å². The summed E-state index contributed by atoms with van der Waals surface area (Å²) in [7, 11) is -2.06. The summed E-state index contributed by atoms with van der Waals surface area (Å²) in [6, 6.07) is 8.32. The fourth-order valence-corrected chi connectivity index (χ4v) is 4.41. The number of amides is 1. The number of hydrogen-bond donors (Lipinski definition) is 2. The number of carboxylic acids is 1. The number of imidazole rings is 1. The first-order valence-corrected chi connectivity index (χ1v) is 12.6. The molecule has 0 radical (unpaired) electrons. The zero-order chi connectivity index (χ0) is 26.3. The Balaban J connectivity index is 0.00000481. The van der Waals surface area contributed by atoms with Crippen LogP contribution in [0.15, 0.2) is 53.9 Å². The molecule has 1 aromatic heterocycles. The number of nitrogens with one attached hydrogen (secondary N) is 2. The van der Waals surface area contributed by atoms with Gasteiger partial charge in [-0.15, -0.1) is 0 Å². The van der Waals surface area contributed by atoms with E-state index >= 15 is 0 Å². The summed E-state index contributed by atoms with van der Waals surface area (Å²) in [5.41, 5.74) is -0.184. The molecular weight excluding hydrogens is 542 g/mol. The van der Waals surface area contributed by atoms with Crippen LogP contribution in [-0.4, -0.2) is 56.2 Å².